The Morgan fingerprint density at radius 1 is 0.448 bits per heavy atom. The number of carbonyl (C=O) groups is 2. The van der Waals surface area contributed by atoms with Crippen molar-refractivity contribution in [3.05, 3.63) is 85.1 Å². The minimum absolute atomic E-state index is 0.0395. The summed E-state index contributed by atoms with van der Waals surface area (Å²) in [6, 6.07) is -0.724. The summed E-state index contributed by atoms with van der Waals surface area (Å²) >= 11 is 0. The van der Waals surface area contributed by atoms with Gasteiger partial charge in [0.25, 0.3) is 0 Å². The molecule has 0 saturated heterocycles. The second kappa shape index (κ2) is 54.0. The Hall–Kier alpha value is -2.96. The third-order valence-electron chi connectivity index (χ3n) is 12.6. The minimum Gasteiger partial charge on any atom is -0.462 e. The van der Waals surface area contributed by atoms with Crippen LogP contribution < -0.4 is 5.32 Å². The van der Waals surface area contributed by atoms with Crippen molar-refractivity contribution in [1.29, 1.82) is 0 Å². The molecule has 0 aliphatic rings. The van der Waals surface area contributed by atoms with E-state index in [2.05, 4.69) is 86.8 Å². The molecule has 0 aromatic carbocycles. The van der Waals surface area contributed by atoms with E-state index in [1.165, 1.54) is 122 Å². The first-order chi connectivity index (χ1) is 33.0. The van der Waals surface area contributed by atoms with Crippen molar-refractivity contribution in [2.75, 3.05) is 6.61 Å². The van der Waals surface area contributed by atoms with Crippen LogP contribution in [0.3, 0.4) is 0 Å². The van der Waals surface area contributed by atoms with Gasteiger partial charge in [-0.25, -0.2) is 0 Å². The smallest absolute Gasteiger partial charge is 0.306 e. The lowest BCUT2D eigenvalue weighted by Gasteiger charge is -2.24. The Morgan fingerprint density at radius 2 is 0.806 bits per heavy atom. The monoisotopic (exact) mass is 934 g/mol. The number of hydrogen-bond acceptors (Lipinski definition) is 5. The lowest BCUT2D eigenvalue weighted by atomic mass is 10.0. The Bertz CT molecular complexity index is 1280. The Labute approximate surface area is 414 Å². The summed E-state index contributed by atoms with van der Waals surface area (Å²) in [6.45, 7) is 6.33. The molecule has 0 spiro atoms. The highest BCUT2D eigenvalue weighted by Gasteiger charge is 2.24. The molecule has 0 aromatic rings. The van der Waals surface area contributed by atoms with Crippen molar-refractivity contribution in [2.24, 2.45) is 0 Å². The summed E-state index contributed by atoms with van der Waals surface area (Å²) in [5.41, 5.74) is 0. The zero-order valence-electron chi connectivity index (χ0n) is 44.0. The maximum atomic E-state index is 13.2. The number of carbonyl (C=O) groups excluding carboxylic acids is 2. The quantitative estimate of drug-likeness (QED) is 0.0321. The number of rotatable bonds is 50. The van der Waals surface area contributed by atoms with E-state index in [4.69, 9.17) is 4.74 Å². The molecule has 3 atom stereocenters. The SMILES string of the molecule is CC/C=C/C=C/C=C/C=C\CCCCCC(CC(=O)NC(CO)C(O)CCCCCCCCCCCCCCCCCCC)OC(=O)CCCCCCC/C=C/C=C/C=C/CCCCCCC. The highest BCUT2D eigenvalue weighted by atomic mass is 16.5. The number of ether oxygens (including phenoxy) is 1. The molecular formula is C61H107NO5. The van der Waals surface area contributed by atoms with Crippen LogP contribution in [0.2, 0.25) is 0 Å². The molecule has 3 N–H and O–H groups in total. The highest BCUT2D eigenvalue weighted by Crippen LogP contribution is 2.18. The zero-order valence-corrected chi connectivity index (χ0v) is 44.0. The molecule has 386 valence electrons. The van der Waals surface area contributed by atoms with Crippen molar-refractivity contribution in [1.82, 2.24) is 5.32 Å². The molecular weight excluding hydrogens is 827 g/mol. The normalized spacial score (nSPS) is 13.8. The highest BCUT2D eigenvalue weighted by molar-refractivity contribution is 5.77. The number of nitrogens with one attached hydrogen (secondary N) is 1. The predicted octanol–water partition coefficient (Wildman–Crippen LogP) is 17.5. The van der Waals surface area contributed by atoms with Gasteiger partial charge in [-0.3, -0.25) is 9.59 Å². The molecule has 6 heteroatoms. The van der Waals surface area contributed by atoms with Crippen molar-refractivity contribution in [2.45, 2.75) is 283 Å². The molecule has 3 unspecified atom stereocenters. The number of hydrogen-bond donors (Lipinski definition) is 3. The van der Waals surface area contributed by atoms with Crippen LogP contribution in [0.15, 0.2) is 85.1 Å². The minimum atomic E-state index is -0.807. The van der Waals surface area contributed by atoms with Gasteiger partial charge in [0.15, 0.2) is 0 Å². The third kappa shape index (κ3) is 49.3. The molecule has 0 bridgehead atoms. The molecule has 0 fully saturated rings. The second-order valence-electron chi connectivity index (χ2n) is 19.1. The van der Waals surface area contributed by atoms with Crippen molar-refractivity contribution < 1.29 is 24.5 Å². The van der Waals surface area contributed by atoms with Gasteiger partial charge in [0.2, 0.25) is 5.91 Å². The number of amides is 1. The number of esters is 1. The van der Waals surface area contributed by atoms with Crippen molar-refractivity contribution >= 4 is 11.9 Å². The van der Waals surface area contributed by atoms with E-state index in [-0.39, 0.29) is 24.9 Å². The van der Waals surface area contributed by atoms with E-state index in [1.807, 2.05) is 24.3 Å². The maximum absolute atomic E-state index is 13.2. The van der Waals surface area contributed by atoms with Crippen LogP contribution in [0.25, 0.3) is 0 Å². The topological polar surface area (TPSA) is 95.9 Å². The number of unbranched alkanes of at least 4 members (excludes halogenated alkanes) is 29. The van der Waals surface area contributed by atoms with Gasteiger partial charge in [-0.2, -0.15) is 0 Å². The van der Waals surface area contributed by atoms with Crippen molar-refractivity contribution in [3.63, 3.8) is 0 Å². The first-order valence-corrected chi connectivity index (χ1v) is 28.4. The zero-order chi connectivity index (χ0) is 48.8. The first-order valence-electron chi connectivity index (χ1n) is 28.4. The number of aliphatic hydroxyl groups excluding tert-OH is 2. The molecule has 0 aliphatic carbocycles. The molecule has 0 aromatic heterocycles. The standard InChI is InChI=1S/C61H107NO5/c1-4-7-10-13-16-19-22-25-27-29-31-33-36-39-42-45-48-51-54-61(66)67-57(52-49-46-43-40-37-34-24-21-18-15-12-9-6-3)55-60(65)62-58(56-63)59(64)53-50-47-44-41-38-35-32-30-28-26-23-20-17-14-11-8-5-2/h9,12,15,18,21-22,24-25,27,29,31,33-34,37,57-59,63-64H,4-8,10-11,13-14,16-17,19-20,23,26,28,30,32,35-36,38-56H2,1-3H3,(H,62,65)/b12-9+,18-15+,24-21+,25-22+,29-27+,33-31+,37-34-. The van der Waals surface area contributed by atoms with Gasteiger partial charge in [0.1, 0.15) is 6.10 Å². The van der Waals surface area contributed by atoms with Gasteiger partial charge in [-0.15, -0.1) is 0 Å². The molecule has 67 heavy (non-hydrogen) atoms. The summed E-state index contributed by atoms with van der Waals surface area (Å²) in [7, 11) is 0. The average molecular weight is 935 g/mol. The summed E-state index contributed by atoms with van der Waals surface area (Å²) in [5.74, 6) is -0.536. The average Bonchev–Trinajstić information content (AvgIpc) is 3.32. The van der Waals surface area contributed by atoms with E-state index in [1.54, 1.807) is 0 Å². The van der Waals surface area contributed by atoms with Gasteiger partial charge in [0, 0.05) is 6.42 Å². The third-order valence-corrected chi connectivity index (χ3v) is 12.6. The van der Waals surface area contributed by atoms with Gasteiger partial charge < -0.3 is 20.3 Å². The van der Waals surface area contributed by atoms with Crippen LogP contribution in [0.1, 0.15) is 265 Å². The van der Waals surface area contributed by atoms with Crippen LogP contribution in [0, 0.1) is 0 Å². The summed E-state index contributed by atoms with van der Waals surface area (Å²) in [5, 5.41) is 23.9. The second-order valence-corrected chi connectivity index (χ2v) is 19.1. The summed E-state index contributed by atoms with van der Waals surface area (Å²) in [4.78, 5) is 26.2. The predicted molar refractivity (Wildman–Crippen MR) is 291 cm³/mol. The summed E-state index contributed by atoms with van der Waals surface area (Å²) < 4.78 is 5.92. The fourth-order valence-electron chi connectivity index (χ4n) is 8.33. The Balaban J connectivity index is 4.60. The lowest BCUT2D eigenvalue weighted by molar-refractivity contribution is -0.151. The van der Waals surface area contributed by atoms with E-state index in [0.717, 1.165) is 96.3 Å². The molecule has 1 amide bonds. The van der Waals surface area contributed by atoms with Gasteiger partial charge in [-0.05, 0) is 70.6 Å². The number of allylic oxidation sites excluding steroid dienone is 14. The van der Waals surface area contributed by atoms with Crippen LogP contribution in [0.4, 0.5) is 0 Å². The van der Waals surface area contributed by atoms with E-state index >= 15 is 0 Å². The molecule has 0 rings (SSSR count). The van der Waals surface area contributed by atoms with Crippen LogP contribution in [0.5, 0.6) is 0 Å². The molecule has 0 saturated carbocycles. The maximum Gasteiger partial charge on any atom is 0.306 e. The largest absolute Gasteiger partial charge is 0.462 e. The lowest BCUT2D eigenvalue weighted by Crippen LogP contribution is -2.46. The first kappa shape index (κ1) is 64.0. The summed E-state index contributed by atoms with van der Waals surface area (Å²) in [6.07, 6.45) is 70.7. The molecule has 0 aliphatic heterocycles. The van der Waals surface area contributed by atoms with Gasteiger partial charge in [0.05, 0.1) is 25.2 Å². The Kier molecular flexibility index (Phi) is 51.6. The van der Waals surface area contributed by atoms with Crippen LogP contribution >= 0.6 is 0 Å². The molecule has 0 heterocycles. The number of aliphatic hydroxyl groups is 2. The Morgan fingerprint density at radius 3 is 1.24 bits per heavy atom. The van der Waals surface area contributed by atoms with Gasteiger partial charge >= 0.3 is 5.97 Å². The van der Waals surface area contributed by atoms with Crippen molar-refractivity contribution in [3.8, 4) is 0 Å². The van der Waals surface area contributed by atoms with E-state index in [0.29, 0.717) is 19.3 Å². The van der Waals surface area contributed by atoms with E-state index < -0.39 is 18.2 Å². The van der Waals surface area contributed by atoms with E-state index in [9.17, 15) is 19.8 Å². The molecule has 6 nitrogen and oxygen atoms in total. The van der Waals surface area contributed by atoms with Gasteiger partial charge in [-0.1, -0.05) is 266 Å². The fraction of sp³-hybridized carbons (Fsp3) is 0.738. The van der Waals surface area contributed by atoms with Crippen LogP contribution in [-0.2, 0) is 14.3 Å². The fourth-order valence-corrected chi connectivity index (χ4v) is 8.33. The van der Waals surface area contributed by atoms with Crippen LogP contribution in [-0.4, -0.2) is 46.9 Å². The molecule has 0 radical (unpaired) electrons.